The highest BCUT2D eigenvalue weighted by Gasteiger charge is 2.06. The maximum Gasteiger partial charge on any atom is 0.255 e. The Balaban J connectivity index is 1.96. The number of rotatable bonds is 5. The second-order valence-electron chi connectivity index (χ2n) is 4.75. The minimum absolute atomic E-state index is 0.0980. The van der Waals surface area contributed by atoms with Gasteiger partial charge in [-0.05, 0) is 23.8 Å². The molecule has 0 aliphatic carbocycles. The van der Waals surface area contributed by atoms with E-state index < -0.39 is 0 Å². The van der Waals surface area contributed by atoms with Crippen LogP contribution in [-0.4, -0.2) is 17.6 Å². The minimum atomic E-state index is -0.130. The number of carbonyl (C=O) groups excluding carboxylic acids is 1. The van der Waals surface area contributed by atoms with E-state index in [-0.39, 0.29) is 24.4 Å². The first-order valence-corrected chi connectivity index (χ1v) is 6.64. The van der Waals surface area contributed by atoms with E-state index in [1.165, 1.54) is 4.57 Å². The molecule has 1 heterocycles. The molecule has 21 heavy (non-hydrogen) atoms. The third kappa shape index (κ3) is 3.95. The van der Waals surface area contributed by atoms with Crippen LogP contribution in [0.3, 0.4) is 0 Å². The molecule has 1 aromatic carbocycles. The van der Waals surface area contributed by atoms with Gasteiger partial charge in [0.15, 0.2) is 0 Å². The highest BCUT2D eigenvalue weighted by molar-refractivity contribution is 5.78. The molecule has 110 valence electrons. The number of aromatic nitrogens is 1. The van der Waals surface area contributed by atoms with Crippen molar-refractivity contribution in [3.05, 3.63) is 64.1 Å². The van der Waals surface area contributed by atoms with Crippen molar-refractivity contribution in [2.24, 2.45) is 7.05 Å². The molecular weight excluding hydrogens is 268 g/mol. The number of nitrogens with one attached hydrogen (secondary N) is 1. The normalized spacial score (nSPS) is 10.2. The van der Waals surface area contributed by atoms with E-state index in [0.29, 0.717) is 5.56 Å². The fraction of sp³-hybridized carbons (Fsp3) is 0.250. The van der Waals surface area contributed by atoms with Crippen LogP contribution in [0.5, 0.6) is 5.75 Å². The van der Waals surface area contributed by atoms with Crippen molar-refractivity contribution in [3.8, 4) is 5.75 Å². The molecule has 0 bridgehead atoms. The minimum Gasteiger partial charge on any atom is -0.497 e. The van der Waals surface area contributed by atoms with Gasteiger partial charge < -0.3 is 14.6 Å². The monoisotopic (exact) mass is 286 g/mol. The van der Waals surface area contributed by atoms with Gasteiger partial charge in [0.1, 0.15) is 5.75 Å². The summed E-state index contributed by atoms with van der Waals surface area (Å²) < 4.78 is 6.61. The molecule has 5 nitrogen and oxygen atoms in total. The summed E-state index contributed by atoms with van der Waals surface area (Å²) in [6, 6.07) is 10.9. The van der Waals surface area contributed by atoms with Gasteiger partial charge in [0, 0.05) is 25.4 Å². The second-order valence-corrected chi connectivity index (χ2v) is 4.75. The van der Waals surface area contributed by atoms with Crippen LogP contribution in [0.15, 0.2) is 47.4 Å². The lowest BCUT2D eigenvalue weighted by Crippen LogP contribution is -2.29. The van der Waals surface area contributed by atoms with Crippen LogP contribution < -0.4 is 15.6 Å². The average molecular weight is 286 g/mol. The first-order chi connectivity index (χ1) is 10.1. The Hall–Kier alpha value is -2.56. The Morgan fingerprint density at radius 1 is 1.29 bits per heavy atom. The van der Waals surface area contributed by atoms with Gasteiger partial charge in [-0.15, -0.1) is 0 Å². The molecule has 0 atom stereocenters. The quantitative estimate of drug-likeness (QED) is 0.900. The fourth-order valence-electron chi connectivity index (χ4n) is 2.01. The van der Waals surface area contributed by atoms with Crippen LogP contribution in [0.2, 0.25) is 0 Å². The third-order valence-electron chi connectivity index (χ3n) is 3.18. The van der Waals surface area contributed by atoms with E-state index in [1.807, 2.05) is 24.3 Å². The molecule has 2 aromatic rings. The summed E-state index contributed by atoms with van der Waals surface area (Å²) in [7, 11) is 3.27. The molecule has 2 rings (SSSR count). The van der Waals surface area contributed by atoms with Crippen molar-refractivity contribution in [1.82, 2.24) is 9.88 Å². The number of hydrogen-bond donors (Lipinski definition) is 1. The van der Waals surface area contributed by atoms with E-state index in [0.717, 1.165) is 11.3 Å². The molecule has 0 aliphatic heterocycles. The van der Waals surface area contributed by atoms with Gasteiger partial charge in [0.2, 0.25) is 5.91 Å². The summed E-state index contributed by atoms with van der Waals surface area (Å²) in [6.45, 7) is 0.232. The summed E-state index contributed by atoms with van der Waals surface area (Å²) in [4.78, 5) is 23.7. The van der Waals surface area contributed by atoms with Crippen LogP contribution in [0.4, 0.5) is 0 Å². The molecular formula is C16H18N2O3. The van der Waals surface area contributed by atoms with Crippen LogP contribution in [0.25, 0.3) is 0 Å². The first kappa shape index (κ1) is 14.8. The summed E-state index contributed by atoms with van der Waals surface area (Å²) in [5.41, 5.74) is 1.34. The molecule has 0 saturated carbocycles. The van der Waals surface area contributed by atoms with Crippen molar-refractivity contribution in [2.45, 2.75) is 13.0 Å². The molecule has 1 N–H and O–H groups in total. The van der Waals surface area contributed by atoms with Gasteiger partial charge in [0.25, 0.3) is 5.56 Å². The van der Waals surface area contributed by atoms with Crippen molar-refractivity contribution < 1.29 is 9.53 Å². The molecule has 0 spiro atoms. The smallest absolute Gasteiger partial charge is 0.255 e. The summed E-state index contributed by atoms with van der Waals surface area (Å²) in [5, 5.41) is 2.76. The zero-order valence-electron chi connectivity index (χ0n) is 12.1. The van der Waals surface area contributed by atoms with Gasteiger partial charge in [-0.25, -0.2) is 0 Å². The number of ether oxygens (including phenoxy) is 1. The van der Waals surface area contributed by atoms with Crippen LogP contribution in [-0.2, 0) is 24.8 Å². The Morgan fingerprint density at radius 3 is 2.86 bits per heavy atom. The predicted octanol–water partition coefficient (Wildman–Crippen LogP) is 1.25. The van der Waals surface area contributed by atoms with Crippen molar-refractivity contribution in [1.29, 1.82) is 0 Å². The fourth-order valence-corrected chi connectivity index (χ4v) is 2.01. The van der Waals surface area contributed by atoms with Gasteiger partial charge in [-0.2, -0.15) is 0 Å². The van der Waals surface area contributed by atoms with E-state index in [1.54, 1.807) is 32.5 Å². The zero-order valence-corrected chi connectivity index (χ0v) is 12.1. The SMILES string of the molecule is COc1cccc(CC(=O)NCc2cccn(C)c2=O)c1. The zero-order chi connectivity index (χ0) is 15.2. The largest absolute Gasteiger partial charge is 0.497 e. The Labute approximate surface area is 123 Å². The second kappa shape index (κ2) is 6.74. The number of benzene rings is 1. The number of nitrogens with zero attached hydrogens (tertiary/aromatic N) is 1. The lowest BCUT2D eigenvalue weighted by molar-refractivity contribution is -0.120. The maximum atomic E-state index is 11.9. The van der Waals surface area contributed by atoms with Gasteiger partial charge >= 0.3 is 0 Å². The van der Waals surface area contributed by atoms with Gasteiger partial charge in [-0.3, -0.25) is 9.59 Å². The molecule has 5 heteroatoms. The van der Waals surface area contributed by atoms with Crippen molar-refractivity contribution >= 4 is 5.91 Å². The lowest BCUT2D eigenvalue weighted by Gasteiger charge is -2.07. The van der Waals surface area contributed by atoms with Gasteiger partial charge in [-0.1, -0.05) is 18.2 Å². The average Bonchev–Trinajstić information content (AvgIpc) is 2.49. The van der Waals surface area contributed by atoms with E-state index in [9.17, 15) is 9.59 Å². The van der Waals surface area contributed by atoms with Crippen molar-refractivity contribution in [3.63, 3.8) is 0 Å². The molecule has 0 saturated heterocycles. The molecule has 0 fully saturated rings. The van der Waals surface area contributed by atoms with Crippen molar-refractivity contribution in [2.75, 3.05) is 7.11 Å². The lowest BCUT2D eigenvalue weighted by atomic mass is 10.1. The number of amides is 1. The molecule has 1 aromatic heterocycles. The molecule has 0 radical (unpaired) electrons. The van der Waals surface area contributed by atoms with E-state index >= 15 is 0 Å². The van der Waals surface area contributed by atoms with Crippen LogP contribution in [0.1, 0.15) is 11.1 Å². The molecule has 0 unspecified atom stereocenters. The molecule has 0 aliphatic rings. The molecule has 1 amide bonds. The summed E-state index contributed by atoms with van der Waals surface area (Å²) in [5.74, 6) is 0.589. The maximum absolute atomic E-state index is 11.9. The number of methoxy groups -OCH3 is 1. The number of aryl methyl sites for hydroxylation is 1. The third-order valence-corrected chi connectivity index (χ3v) is 3.18. The number of hydrogen-bond acceptors (Lipinski definition) is 3. The van der Waals surface area contributed by atoms with Crippen LogP contribution in [0, 0.1) is 0 Å². The topological polar surface area (TPSA) is 60.3 Å². The number of pyridine rings is 1. The van der Waals surface area contributed by atoms with Crippen LogP contribution >= 0.6 is 0 Å². The first-order valence-electron chi connectivity index (χ1n) is 6.64. The van der Waals surface area contributed by atoms with E-state index in [2.05, 4.69) is 5.32 Å². The Bertz CT molecular complexity index is 692. The highest BCUT2D eigenvalue weighted by atomic mass is 16.5. The van der Waals surface area contributed by atoms with E-state index in [4.69, 9.17) is 4.74 Å². The Morgan fingerprint density at radius 2 is 2.10 bits per heavy atom. The predicted molar refractivity (Wildman–Crippen MR) is 80.2 cm³/mol. The number of carbonyl (C=O) groups is 1. The van der Waals surface area contributed by atoms with Gasteiger partial charge in [0.05, 0.1) is 13.5 Å². The standard InChI is InChI=1S/C16H18N2O3/c1-18-8-4-6-13(16(18)20)11-17-15(19)10-12-5-3-7-14(9-12)21-2/h3-9H,10-11H2,1-2H3,(H,17,19). The summed E-state index contributed by atoms with van der Waals surface area (Å²) in [6.07, 6.45) is 1.94. The highest BCUT2D eigenvalue weighted by Crippen LogP contribution is 2.12. The summed E-state index contributed by atoms with van der Waals surface area (Å²) >= 11 is 0. The Kier molecular flexibility index (Phi) is 4.77.